The van der Waals surface area contributed by atoms with Gasteiger partial charge in [0, 0.05) is 29.9 Å². The maximum Gasteiger partial charge on any atom is 0.339 e. The van der Waals surface area contributed by atoms with Gasteiger partial charge < -0.3 is 19.9 Å². The summed E-state index contributed by atoms with van der Waals surface area (Å²) >= 11 is 0. The molecule has 0 saturated carbocycles. The number of non-ortho nitro benzene ring substituents is 1. The lowest BCUT2D eigenvalue weighted by molar-refractivity contribution is -0.384. The van der Waals surface area contributed by atoms with Crippen LogP contribution in [0.5, 0.6) is 0 Å². The molecule has 1 aromatic carbocycles. The van der Waals surface area contributed by atoms with Crippen molar-refractivity contribution in [3.63, 3.8) is 0 Å². The van der Waals surface area contributed by atoms with E-state index in [0.717, 1.165) is 12.8 Å². The summed E-state index contributed by atoms with van der Waals surface area (Å²) in [4.78, 5) is 35.6. The Kier molecular flexibility index (Phi) is 5.97. The van der Waals surface area contributed by atoms with E-state index in [9.17, 15) is 24.8 Å². The summed E-state index contributed by atoms with van der Waals surface area (Å²) in [6, 6.07) is 5.62. The van der Waals surface area contributed by atoms with Crippen molar-refractivity contribution < 1.29 is 29.1 Å². The molecule has 1 fully saturated rings. The minimum Gasteiger partial charge on any atom is -0.478 e. The highest BCUT2D eigenvalue weighted by Crippen LogP contribution is 2.40. The highest BCUT2D eigenvalue weighted by molar-refractivity contribution is 5.99. The number of aliphatic carboxylic acids is 1. The van der Waals surface area contributed by atoms with Crippen molar-refractivity contribution in [3.8, 4) is 0 Å². The summed E-state index contributed by atoms with van der Waals surface area (Å²) in [6.45, 7) is 3.72. The molecule has 0 bridgehead atoms. The van der Waals surface area contributed by atoms with E-state index in [2.05, 4.69) is 5.32 Å². The first-order valence-corrected chi connectivity index (χ1v) is 9.28. The van der Waals surface area contributed by atoms with Gasteiger partial charge in [0.2, 0.25) is 6.29 Å². The Hall–Kier alpha value is -3.20. The molecule has 2 aliphatic rings. The largest absolute Gasteiger partial charge is 0.478 e. The number of hydrogen-bond donors (Lipinski definition) is 2. The maximum atomic E-state index is 13.0. The summed E-state index contributed by atoms with van der Waals surface area (Å²) in [5.41, 5.74) is 0.967. The van der Waals surface area contributed by atoms with Crippen molar-refractivity contribution in [1.29, 1.82) is 0 Å². The highest BCUT2D eigenvalue weighted by atomic mass is 16.7. The normalized spacial score (nSPS) is 22.1. The SMILES string of the molecule is CC1=C(C(=O)O)[C@H](c2cccc([N+](=O)[O-])c2)C(C(=O)OC2CCCCO2)=C(C)N1. The topological polar surface area (TPSA) is 128 Å². The van der Waals surface area contributed by atoms with Gasteiger partial charge in [-0.3, -0.25) is 10.1 Å². The van der Waals surface area contributed by atoms with E-state index in [4.69, 9.17) is 9.47 Å². The van der Waals surface area contributed by atoms with E-state index in [1.54, 1.807) is 19.9 Å². The second-order valence-electron chi connectivity index (χ2n) is 6.99. The van der Waals surface area contributed by atoms with Crippen LogP contribution in [0, 0.1) is 10.1 Å². The number of ether oxygens (including phenoxy) is 2. The van der Waals surface area contributed by atoms with Gasteiger partial charge in [-0.2, -0.15) is 0 Å². The van der Waals surface area contributed by atoms with Crippen LogP contribution in [0.15, 0.2) is 46.8 Å². The first-order valence-electron chi connectivity index (χ1n) is 9.28. The number of dihydropyridines is 1. The summed E-state index contributed by atoms with van der Waals surface area (Å²) < 4.78 is 10.9. The Morgan fingerprint density at radius 2 is 1.97 bits per heavy atom. The smallest absolute Gasteiger partial charge is 0.339 e. The molecule has 1 saturated heterocycles. The monoisotopic (exact) mass is 402 g/mol. The molecule has 1 aromatic rings. The predicted molar refractivity (Wildman–Crippen MR) is 102 cm³/mol. The van der Waals surface area contributed by atoms with Crippen molar-refractivity contribution in [2.45, 2.75) is 45.3 Å². The maximum absolute atomic E-state index is 13.0. The number of carboxylic acids is 1. The Morgan fingerprint density at radius 3 is 2.59 bits per heavy atom. The van der Waals surface area contributed by atoms with Crippen LogP contribution in [-0.4, -0.2) is 34.9 Å². The summed E-state index contributed by atoms with van der Waals surface area (Å²) in [5, 5.41) is 23.9. The molecule has 3 rings (SSSR count). The first-order chi connectivity index (χ1) is 13.8. The van der Waals surface area contributed by atoms with E-state index in [1.165, 1.54) is 18.2 Å². The molecule has 0 aliphatic carbocycles. The number of carboxylic acid groups (broad SMARTS) is 1. The number of nitro groups is 1. The van der Waals surface area contributed by atoms with Crippen LogP contribution >= 0.6 is 0 Å². The number of esters is 1. The van der Waals surface area contributed by atoms with Crippen LogP contribution in [0.3, 0.4) is 0 Å². The third-order valence-electron chi connectivity index (χ3n) is 5.00. The molecular formula is C20H22N2O7. The zero-order valence-electron chi connectivity index (χ0n) is 16.1. The van der Waals surface area contributed by atoms with Crippen LogP contribution in [-0.2, 0) is 19.1 Å². The molecule has 0 aromatic heterocycles. The Balaban J connectivity index is 2.05. The standard InChI is InChI=1S/C20H22N2O7/c1-11-16(19(23)24)18(13-6-5-7-14(10-13)22(26)27)17(12(2)21-11)20(25)29-15-8-3-4-9-28-15/h5-7,10,15,18,21H,3-4,8-9H2,1-2H3,(H,23,24)/t15?,18-/m0/s1. The predicted octanol–water partition coefficient (Wildman–Crippen LogP) is 2.98. The van der Waals surface area contributed by atoms with Crippen LogP contribution in [0.2, 0.25) is 0 Å². The minimum atomic E-state index is -1.22. The zero-order chi connectivity index (χ0) is 21.1. The van der Waals surface area contributed by atoms with Crippen molar-refractivity contribution in [2.24, 2.45) is 0 Å². The lowest BCUT2D eigenvalue weighted by Gasteiger charge is -2.31. The van der Waals surface area contributed by atoms with E-state index in [-0.39, 0.29) is 16.8 Å². The second-order valence-corrected chi connectivity index (χ2v) is 6.99. The van der Waals surface area contributed by atoms with Crippen molar-refractivity contribution in [3.05, 3.63) is 62.5 Å². The Morgan fingerprint density at radius 1 is 1.24 bits per heavy atom. The van der Waals surface area contributed by atoms with Gasteiger partial charge in [-0.15, -0.1) is 0 Å². The number of hydrogen-bond acceptors (Lipinski definition) is 7. The summed E-state index contributed by atoms with van der Waals surface area (Å²) in [5.74, 6) is -2.94. The summed E-state index contributed by atoms with van der Waals surface area (Å²) in [6.07, 6.45) is 1.62. The molecule has 1 unspecified atom stereocenters. The number of rotatable bonds is 5. The quantitative estimate of drug-likeness (QED) is 0.437. The fraction of sp³-hybridized carbons (Fsp3) is 0.400. The molecule has 154 valence electrons. The van der Waals surface area contributed by atoms with E-state index in [1.807, 2.05) is 0 Å². The van der Waals surface area contributed by atoms with Crippen molar-refractivity contribution in [1.82, 2.24) is 5.32 Å². The fourth-order valence-electron chi connectivity index (χ4n) is 3.69. The number of benzene rings is 1. The Bertz CT molecular complexity index is 913. The third-order valence-corrected chi connectivity index (χ3v) is 5.00. The van der Waals surface area contributed by atoms with E-state index < -0.39 is 29.1 Å². The van der Waals surface area contributed by atoms with Crippen LogP contribution in [0.25, 0.3) is 0 Å². The molecule has 2 aliphatic heterocycles. The van der Waals surface area contributed by atoms with Gasteiger partial charge >= 0.3 is 11.9 Å². The lowest BCUT2D eigenvalue weighted by Crippen LogP contribution is -2.34. The molecule has 2 N–H and O–H groups in total. The molecular weight excluding hydrogens is 380 g/mol. The van der Waals surface area contributed by atoms with E-state index in [0.29, 0.717) is 30.0 Å². The molecule has 0 spiro atoms. The third kappa shape index (κ3) is 4.29. The highest BCUT2D eigenvalue weighted by Gasteiger charge is 2.38. The molecule has 0 radical (unpaired) electrons. The number of nitrogens with zero attached hydrogens (tertiary/aromatic N) is 1. The number of carbonyl (C=O) groups is 2. The number of nitrogens with one attached hydrogen (secondary N) is 1. The summed E-state index contributed by atoms with van der Waals surface area (Å²) in [7, 11) is 0. The van der Waals surface area contributed by atoms with Gasteiger partial charge in [0.15, 0.2) is 0 Å². The average Bonchev–Trinajstić information content (AvgIpc) is 2.67. The Labute approximate surface area is 167 Å². The minimum absolute atomic E-state index is 0.0624. The lowest BCUT2D eigenvalue weighted by atomic mass is 9.80. The number of carbonyl (C=O) groups excluding carboxylic acids is 1. The van der Waals surface area contributed by atoms with Gasteiger partial charge in [-0.1, -0.05) is 12.1 Å². The van der Waals surface area contributed by atoms with Gasteiger partial charge in [0.1, 0.15) is 0 Å². The van der Waals surface area contributed by atoms with Crippen molar-refractivity contribution in [2.75, 3.05) is 6.61 Å². The van der Waals surface area contributed by atoms with Crippen LogP contribution in [0.4, 0.5) is 5.69 Å². The molecule has 9 heteroatoms. The van der Waals surface area contributed by atoms with Gasteiger partial charge in [-0.05, 0) is 32.3 Å². The second kappa shape index (κ2) is 8.44. The van der Waals surface area contributed by atoms with E-state index >= 15 is 0 Å². The number of nitro benzene ring substituents is 1. The van der Waals surface area contributed by atoms with Crippen LogP contribution < -0.4 is 5.32 Å². The molecule has 2 atom stereocenters. The molecule has 0 amide bonds. The molecule has 9 nitrogen and oxygen atoms in total. The number of allylic oxidation sites excluding steroid dienone is 2. The average molecular weight is 402 g/mol. The van der Waals surface area contributed by atoms with Crippen LogP contribution in [0.1, 0.15) is 44.6 Å². The van der Waals surface area contributed by atoms with Gasteiger partial charge in [-0.25, -0.2) is 9.59 Å². The van der Waals surface area contributed by atoms with Gasteiger partial charge in [0.05, 0.1) is 28.6 Å². The van der Waals surface area contributed by atoms with Crippen molar-refractivity contribution >= 4 is 17.6 Å². The first kappa shape index (κ1) is 20.5. The molecule has 29 heavy (non-hydrogen) atoms. The zero-order valence-corrected chi connectivity index (χ0v) is 16.1. The molecule has 2 heterocycles. The van der Waals surface area contributed by atoms with Gasteiger partial charge in [0.25, 0.3) is 5.69 Å². The fourth-order valence-corrected chi connectivity index (χ4v) is 3.69.